The molecule has 0 bridgehead atoms. The first-order valence-corrected chi connectivity index (χ1v) is 5.23. The number of amides is 1. The molecule has 0 N–H and O–H groups in total. The number of rotatable bonds is 7. The Bertz CT molecular complexity index is 231. The highest BCUT2D eigenvalue weighted by Gasteiger charge is 2.19. The maximum Gasteiger partial charge on any atom is 0.410 e. The van der Waals surface area contributed by atoms with Crippen LogP contribution >= 0.6 is 11.6 Å². The van der Waals surface area contributed by atoms with Crippen molar-refractivity contribution in [2.45, 2.75) is 13.2 Å². The minimum absolute atomic E-state index is 0.198. The van der Waals surface area contributed by atoms with Crippen LogP contribution in [0.5, 0.6) is 0 Å². The highest BCUT2D eigenvalue weighted by Crippen LogP contribution is 2.06. The lowest BCUT2D eigenvalue weighted by atomic mass is 10.4. The van der Waals surface area contributed by atoms with Crippen LogP contribution in [0.25, 0.3) is 0 Å². The van der Waals surface area contributed by atoms with Crippen molar-refractivity contribution >= 4 is 17.7 Å². The molecule has 0 atom stereocenters. The second-order valence-electron chi connectivity index (χ2n) is 3.00. The van der Waals surface area contributed by atoms with Crippen molar-refractivity contribution in [2.24, 2.45) is 0 Å². The Morgan fingerprint density at radius 2 is 2.00 bits per heavy atom. The van der Waals surface area contributed by atoms with Crippen molar-refractivity contribution in [3.8, 4) is 0 Å². The normalized spacial score (nSPS) is 10.3. The van der Waals surface area contributed by atoms with Gasteiger partial charge in [-0.05, 0) is 6.92 Å². The van der Waals surface area contributed by atoms with Crippen LogP contribution in [-0.4, -0.2) is 51.2 Å². The van der Waals surface area contributed by atoms with E-state index in [9.17, 15) is 4.79 Å². The first kappa shape index (κ1) is 15.2. The van der Waals surface area contributed by atoms with Crippen LogP contribution in [-0.2, 0) is 14.2 Å². The Labute approximate surface area is 101 Å². The number of hydrogen-bond acceptors (Lipinski definition) is 4. The Morgan fingerprint density at radius 3 is 2.38 bits per heavy atom. The topological polar surface area (TPSA) is 48.0 Å². The summed E-state index contributed by atoms with van der Waals surface area (Å²) in [4.78, 5) is 12.9. The lowest BCUT2D eigenvalue weighted by molar-refractivity contribution is -0.112. The second kappa shape index (κ2) is 8.38. The van der Waals surface area contributed by atoms with Gasteiger partial charge in [-0.15, -0.1) is 0 Å². The van der Waals surface area contributed by atoms with Gasteiger partial charge < -0.3 is 14.2 Å². The highest BCUT2D eigenvalue weighted by atomic mass is 35.5. The van der Waals surface area contributed by atoms with E-state index >= 15 is 0 Å². The maximum absolute atomic E-state index is 11.5. The fourth-order valence-corrected chi connectivity index (χ4v) is 1.20. The molecule has 94 valence electrons. The predicted molar refractivity (Wildman–Crippen MR) is 61.4 cm³/mol. The Hall–Kier alpha value is -0.780. The van der Waals surface area contributed by atoms with Crippen molar-refractivity contribution in [2.75, 3.05) is 33.9 Å². The first-order chi connectivity index (χ1) is 7.54. The number of carbonyl (C=O) groups is 1. The van der Waals surface area contributed by atoms with E-state index in [1.165, 1.54) is 19.1 Å². The third kappa shape index (κ3) is 5.95. The van der Waals surface area contributed by atoms with E-state index in [1.807, 2.05) is 0 Å². The number of carbonyl (C=O) groups excluding carboxylic acids is 1. The highest BCUT2D eigenvalue weighted by molar-refractivity contribution is 6.29. The minimum Gasteiger partial charge on any atom is -0.450 e. The molecule has 16 heavy (non-hydrogen) atoms. The summed E-state index contributed by atoms with van der Waals surface area (Å²) in [5, 5.41) is 0.346. The molecule has 0 rings (SSSR count). The molecule has 0 aliphatic carbocycles. The fraction of sp³-hybridized carbons (Fsp3) is 0.700. The van der Waals surface area contributed by atoms with Crippen LogP contribution < -0.4 is 0 Å². The van der Waals surface area contributed by atoms with Crippen LogP contribution in [0.4, 0.5) is 4.79 Å². The van der Waals surface area contributed by atoms with Crippen molar-refractivity contribution in [1.29, 1.82) is 0 Å². The van der Waals surface area contributed by atoms with Crippen LogP contribution in [0.1, 0.15) is 6.92 Å². The van der Waals surface area contributed by atoms with Gasteiger partial charge in [0.2, 0.25) is 0 Å². The molecule has 0 radical (unpaired) electrons. The molecule has 0 aromatic heterocycles. The summed E-state index contributed by atoms with van der Waals surface area (Å²) in [6, 6.07) is 0. The molecular formula is C10H18ClNO4. The van der Waals surface area contributed by atoms with Crippen LogP contribution in [0.3, 0.4) is 0 Å². The van der Waals surface area contributed by atoms with E-state index in [2.05, 4.69) is 6.58 Å². The Balaban J connectivity index is 4.40. The maximum atomic E-state index is 11.5. The van der Waals surface area contributed by atoms with Crippen LogP contribution in [0.15, 0.2) is 11.6 Å². The monoisotopic (exact) mass is 251 g/mol. The summed E-state index contributed by atoms with van der Waals surface area (Å²) in [7, 11) is 2.99. The molecule has 1 amide bonds. The molecular weight excluding hydrogens is 234 g/mol. The van der Waals surface area contributed by atoms with E-state index in [1.54, 1.807) is 6.92 Å². The smallest absolute Gasteiger partial charge is 0.410 e. The number of methoxy groups -OCH3 is 2. The zero-order valence-corrected chi connectivity index (χ0v) is 10.6. The van der Waals surface area contributed by atoms with Crippen molar-refractivity contribution in [3.05, 3.63) is 11.6 Å². The third-order valence-electron chi connectivity index (χ3n) is 1.78. The zero-order valence-electron chi connectivity index (χ0n) is 9.86. The second-order valence-corrected chi connectivity index (χ2v) is 3.53. The molecule has 6 heteroatoms. The van der Waals surface area contributed by atoms with Gasteiger partial charge in [-0.25, -0.2) is 4.79 Å². The number of ether oxygens (including phenoxy) is 3. The summed E-state index contributed by atoms with van der Waals surface area (Å²) in [5.41, 5.74) is 0. The summed E-state index contributed by atoms with van der Waals surface area (Å²) in [5.74, 6) is 0. The Morgan fingerprint density at radius 1 is 1.44 bits per heavy atom. The van der Waals surface area contributed by atoms with E-state index < -0.39 is 12.4 Å². The molecule has 0 saturated carbocycles. The van der Waals surface area contributed by atoms with Gasteiger partial charge in [0.25, 0.3) is 0 Å². The lowest BCUT2D eigenvalue weighted by Crippen LogP contribution is -2.40. The largest absolute Gasteiger partial charge is 0.450 e. The van der Waals surface area contributed by atoms with E-state index in [4.69, 9.17) is 25.8 Å². The lowest BCUT2D eigenvalue weighted by Gasteiger charge is -2.24. The summed E-state index contributed by atoms with van der Waals surface area (Å²) < 4.78 is 14.9. The molecule has 0 aromatic rings. The molecule has 0 aromatic carbocycles. The van der Waals surface area contributed by atoms with Crippen molar-refractivity contribution < 1.29 is 19.0 Å². The summed E-state index contributed by atoms with van der Waals surface area (Å²) >= 11 is 5.66. The number of halogens is 1. The van der Waals surface area contributed by atoms with Crippen LogP contribution in [0, 0.1) is 0 Å². The Kier molecular flexibility index (Phi) is 7.97. The van der Waals surface area contributed by atoms with E-state index in [-0.39, 0.29) is 13.1 Å². The molecule has 0 unspecified atom stereocenters. The SMILES string of the molecule is C=C(Cl)CN(CC(OC)OC)C(=O)OCC. The van der Waals surface area contributed by atoms with Crippen molar-refractivity contribution in [3.63, 3.8) is 0 Å². The van der Waals surface area contributed by atoms with Gasteiger partial charge >= 0.3 is 6.09 Å². The van der Waals surface area contributed by atoms with Gasteiger partial charge in [0.05, 0.1) is 19.7 Å². The van der Waals surface area contributed by atoms with Gasteiger partial charge in [-0.3, -0.25) is 4.90 Å². The molecule has 0 spiro atoms. The molecule has 0 aliphatic rings. The average molecular weight is 252 g/mol. The van der Waals surface area contributed by atoms with Crippen LogP contribution in [0.2, 0.25) is 0 Å². The molecule has 5 nitrogen and oxygen atoms in total. The summed E-state index contributed by atoms with van der Waals surface area (Å²) in [6.45, 7) is 5.99. The van der Waals surface area contributed by atoms with Crippen molar-refractivity contribution in [1.82, 2.24) is 4.90 Å². The average Bonchev–Trinajstić information content (AvgIpc) is 2.23. The molecule has 0 saturated heterocycles. The van der Waals surface area contributed by atoms with Gasteiger partial charge in [-0.1, -0.05) is 18.2 Å². The predicted octanol–water partition coefficient (Wildman–Crippen LogP) is 1.82. The number of hydrogen-bond donors (Lipinski definition) is 0. The number of nitrogens with zero attached hydrogens (tertiary/aromatic N) is 1. The van der Waals surface area contributed by atoms with E-state index in [0.717, 1.165) is 0 Å². The minimum atomic E-state index is -0.513. The molecule has 0 heterocycles. The quantitative estimate of drug-likeness (QED) is 0.648. The van der Waals surface area contributed by atoms with Gasteiger partial charge in [0.15, 0.2) is 6.29 Å². The van der Waals surface area contributed by atoms with Gasteiger partial charge in [0.1, 0.15) is 0 Å². The fourth-order valence-electron chi connectivity index (χ4n) is 1.05. The van der Waals surface area contributed by atoms with E-state index in [0.29, 0.717) is 11.6 Å². The van der Waals surface area contributed by atoms with Gasteiger partial charge in [-0.2, -0.15) is 0 Å². The first-order valence-electron chi connectivity index (χ1n) is 4.85. The van der Waals surface area contributed by atoms with Gasteiger partial charge in [0, 0.05) is 19.3 Å². The third-order valence-corrected chi connectivity index (χ3v) is 1.90. The molecule has 0 fully saturated rings. The molecule has 0 aliphatic heterocycles. The standard InChI is InChI=1S/C10H18ClNO4/c1-5-16-10(13)12(6-8(2)11)7-9(14-3)15-4/h9H,2,5-7H2,1,3-4H3. The summed E-state index contributed by atoms with van der Waals surface area (Å²) in [6.07, 6.45) is -0.983. The zero-order chi connectivity index (χ0) is 12.6.